The number of carbonyl (C=O) groups is 2. The molecule has 8 heteroatoms. The van der Waals surface area contributed by atoms with E-state index in [4.69, 9.17) is 0 Å². The monoisotopic (exact) mass is 344 g/mol. The smallest absolute Gasteiger partial charge is 0.251 e. The van der Waals surface area contributed by atoms with Crippen molar-refractivity contribution in [1.29, 1.82) is 0 Å². The van der Waals surface area contributed by atoms with Crippen molar-refractivity contribution >= 4 is 39.6 Å². The third kappa shape index (κ3) is 3.99. The van der Waals surface area contributed by atoms with Gasteiger partial charge in [0.25, 0.3) is 5.91 Å². The van der Waals surface area contributed by atoms with E-state index in [-0.39, 0.29) is 18.4 Å². The number of nitrogens with one attached hydrogen (secondary N) is 2. The number of aromatic nitrogens is 2. The van der Waals surface area contributed by atoms with Crippen LogP contribution in [-0.4, -0.2) is 28.6 Å². The first-order valence-corrected chi connectivity index (χ1v) is 8.42. The first kappa shape index (κ1) is 15.3. The molecule has 116 valence electrons. The molecule has 0 bridgehead atoms. The summed E-state index contributed by atoms with van der Waals surface area (Å²) < 4.78 is 0. The van der Waals surface area contributed by atoms with Gasteiger partial charge in [-0.1, -0.05) is 35.6 Å². The largest absolute Gasteiger partial charge is 0.343 e. The van der Waals surface area contributed by atoms with Gasteiger partial charge in [-0.2, -0.15) is 0 Å². The van der Waals surface area contributed by atoms with Gasteiger partial charge in [0.2, 0.25) is 11.0 Å². The van der Waals surface area contributed by atoms with Crippen molar-refractivity contribution in [2.75, 3.05) is 11.9 Å². The van der Waals surface area contributed by atoms with Crippen molar-refractivity contribution in [1.82, 2.24) is 15.5 Å². The summed E-state index contributed by atoms with van der Waals surface area (Å²) in [6, 6.07) is 12.6. The quantitative estimate of drug-likeness (QED) is 0.745. The van der Waals surface area contributed by atoms with Crippen LogP contribution in [0.1, 0.15) is 10.4 Å². The summed E-state index contributed by atoms with van der Waals surface area (Å²) in [5, 5.41) is 16.3. The lowest BCUT2D eigenvalue weighted by Gasteiger charge is -2.04. The fourth-order valence-corrected chi connectivity index (χ4v) is 3.34. The Morgan fingerprint density at radius 1 is 1.04 bits per heavy atom. The second-order valence-electron chi connectivity index (χ2n) is 4.49. The van der Waals surface area contributed by atoms with Crippen molar-refractivity contribution in [2.45, 2.75) is 0 Å². The number of hydrogen-bond donors (Lipinski definition) is 2. The van der Waals surface area contributed by atoms with E-state index in [9.17, 15) is 9.59 Å². The van der Waals surface area contributed by atoms with Crippen LogP contribution in [0.3, 0.4) is 0 Å². The maximum absolute atomic E-state index is 11.9. The Hall–Kier alpha value is -2.58. The zero-order chi connectivity index (χ0) is 16.1. The Bertz CT molecular complexity index is 800. The molecule has 2 heterocycles. The van der Waals surface area contributed by atoms with Crippen LogP contribution in [0.5, 0.6) is 0 Å². The van der Waals surface area contributed by atoms with Gasteiger partial charge in [0.1, 0.15) is 0 Å². The predicted octanol–water partition coefficient (Wildman–Crippen LogP) is 2.64. The lowest BCUT2D eigenvalue weighted by atomic mass is 10.2. The van der Waals surface area contributed by atoms with Crippen LogP contribution >= 0.6 is 22.7 Å². The average Bonchev–Trinajstić information content (AvgIpc) is 3.24. The molecule has 0 fully saturated rings. The van der Waals surface area contributed by atoms with E-state index in [0.717, 1.165) is 9.88 Å². The van der Waals surface area contributed by atoms with Crippen LogP contribution in [0.15, 0.2) is 47.8 Å². The first-order valence-electron chi connectivity index (χ1n) is 6.73. The maximum Gasteiger partial charge on any atom is 0.251 e. The van der Waals surface area contributed by atoms with Crippen molar-refractivity contribution < 1.29 is 9.59 Å². The van der Waals surface area contributed by atoms with E-state index >= 15 is 0 Å². The molecule has 1 aromatic carbocycles. The molecule has 0 radical (unpaired) electrons. The highest BCUT2D eigenvalue weighted by Gasteiger charge is 2.11. The molecule has 2 N–H and O–H groups in total. The van der Waals surface area contributed by atoms with Crippen molar-refractivity contribution in [2.24, 2.45) is 0 Å². The van der Waals surface area contributed by atoms with Crippen LogP contribution < -0.4 is 10.6 Å². The van der Waals surface area contributed by atoms with Gasteiger partial charge in [0.05, 0.1) is 11.4 Å². The highest BCUT2D eigenvalue weighted by molar-refractivity contribution is 7.23. The van der Waals surface area contributed by atoms with Crippen molar-refractivity contribution in [3.63, 3.8) is 0 Å². The minimum Gasteiger partial charge on any atom is -0.343 e. The molecule has 2 amide bonds. The first-order chi connectivity index (χ1) is 11.2. The third-order valence-electron chi connectivity index (χ3n) is 2.85. The molecule has 0 aliphatic heterocycles. The summed E-state index contributed by atoms with van der Waals surface area (Å²) in [4.78, 5) is 24.7. The number of amides is 2. The number of hydrogen-bond acceptors (Lipinski definition) is 6. The molecule has 6 nitrogen and oxygen atoms in total. The summed E-state index contributed by atoms with van der Waals surface area (Å²) >= 11 is 2.85. The third-order valence-corrected chi connectivity index (χ3v) is 4.73. The Morgan fingerprint density at radius 3 is 2.61 bits per heavy atom. The van der Waals surface area contributed by atoms with Crippen LogP contribution in [0.4, 0.5) is 5.13 Å². The Labute approximate surface area is 140 Å². The molecule has 0 aliphatic carbocycles. The van der Waals surface area contributed by atoms with Gasteiger partial charge in [-0.15, -0.1) is 21.5 Å². The van der Waals surface area contributed by atoms with Crippen molar-refractivity contribution in [3.05, 3.63) is 53.4 Å². The van der Waals surface area contributed by atoms with Crippen LogP contribution in [0, 0.1) is 0 Å². The van der Waals surface area contributed by atoms with E-state index in [1.165, 1.54) is 11.3 Å². The Kier molecular flexibility index (Phi) is 4.74. The van der Waals surface area contributed by atoms with E-state index in [2.05, 4.69) is 20.8 Å². The number of rotatable bonds is 5. The molecule has 0 saturated carbocycles. The zero-order valence-corrected chi connectivity index (χ0v) is 13.5. The van der Waals surface area contributed by atoms with Gasteiger partial charge in [0.15, 0.2) is 5.01 Å². The number of thiophene rings is 1. The summed E-state index contributed by atoms with van der Waals surface area (Å²) in [7, 11) is 0. The molecule has 0 saturated heterocycles. The van der Waals surface area contributed by atoms with Crippen molar-refractivity contribution in [3.8, 4) is 9.88 Å². The molecule has 0 spiro atoms. The molecule has 0 aliphatic rings. The van der Waals surface area contributed by atoms with Gasteiger partial charge in [0, 0.05) is 5.56 Å². The summed E-state index contributed by atoms with van der Waals surface area (Å²) in [5.74, 6) is -0.638. The molecular formula is C15H12N4O2S2. The Balaban J connectivity index is 1.53. The molecule has 0 unspecified atom stereocenters. The van der Waals surface area contributed by atoms with Gasteiger partial charge >= 0.3 is 0 Å². The average molecular weight is 344 g/mol. The number of benzene rings is 1. The number of anilines is 1. The fraction of sp³-hybridized carbons (Fsp3) is 0.0667. The number of carbonyl (C=O) groups excluding carboxylic acids is 2. The van der Waals surface area contributed by atoms with E-state index < -0.39 is 0 Å². The van der Waals surface area contributed by atoms with Gasteiger partial charge in [-0.3, -0.25) is 14.9 Å². The second kappa shape index (κ2) is 7.12. The van der Waals surface area contributed by atoms with Crippen LogP contribution in [0.2, 0.25) is 0 Å². The lowest BCUT2D eigenvalue weighted by Crippen LogP contribution is -2.32. The van der Waals surface area contributed by atoms with E-state index in [1.54, 1.807) is 35.6 Å². The highest BCUT2D eigenvalue weighted by Crippen LogP contribution is 2.29. The van der Waals surface area contributed by atoms with Crippen LogP contribution in [0.25, 0.3) is 9.88 Å². The lowest BCUT2D eigenvalue weighted by molar-refractivity contribution is -0.115. The SMILES string of the molecule is O=C(CNC(=O)c1ccccc1)Nc1nnc(-c2cccs2)s1. The fourth-order valence-electron chi connectivity index (χ4n) is 1.79. The second-order valence-corrected chi connectivity index (χ2v) is 6.41. The van der Waals surface area contributed by atoms with Gasteiger partial charge < -0.3 is 5.32 Å². The molecule has 23 heavy (non-hydrogen) atoms. The molecule has 2 aromatic heterocycles. The maximum atomic E-state index is 11.9. The minimum atomic E-state index is -0.344. The topological polar surface area (TPSA) is 84.0 Å². The highest BCUT2D eigenvalue weighted by atomic mass is 32.1. The standard InChI is InChI=1S/C15H12N4O2S2/c20-12(9-16-13(21)10-5-2-1-3-6-10)17-15-19-18-14(23-15)11-7-4-8-22-11/h1-8H,9H2,(H,16,21)(H,17,19,20). The molecule has 0 atom stereocenters. The molecule has 3 rings (SSSR count). The summed E-state index contributed by atoms with van der Waals surface area (Å²) in [6.07, 6.45) is 0. The zero-order valence-electron chi connectivity index (χ0n) is 11.9. The minimum absolute atomic E-state index is 0.123. The van der Waals surface area contributed by atoms with Crippen LogP contribution in [-0.2, 0) is 4.79 Å². The van der Waals surface area contributed by atoms with E-state index in [0.29, 0.717) is 10.7 Å². The Morgan fingerprint density at radius 2 is 1.87 bits per heavy atom. The van der Waals surface area contributed by atoms with Gasteiger partial charge in [-0.05, 0) is 23.6 Å². The molecule has 3 aromatic rings. The summed E-state index contributed by atoms with van der Waals surface area (Å²) in [6.45, 7) is -0.123. The summed E-state index contributed by atoms with van der Waals surface area (Å²) in [5.41, 5.74) is 0.510. The molecular weight excluding hydrogens is 332 g/mol. The number of nitrogens with zero attached hydrogens (tertiary/aromatic N) is 2. The normalized spacial score (nSPS) is 10.3. The predicted molar refractivity (Wildman–Crippen MR) is 90.6 cm³/mol. The van der Waals surface area contributed by atoms with Gasteiger partial charge in [-0.25, -0.2) is 0 Å². The van der Waals surface area contributed by atoms with E-state index in [1.807, 2.05) is 23.6 Å².